The Hall–Kier alpha value is -1.40. The van der Waals surface area contributed by atoms with Crippen LogP contribution in [0.4, 0.5) is 0 Å². The normalized spacial score (nSPS) is 24.3. The highest BCUT2D eigenvalue weighted by Crippen LogP contribution is 2.38. The Balaban J connectivity index is 1.70. The molecule has 6 nitrogen and oxygen atoms in total. The maximum absolute atomic E-state index is 11.5. The molecule has 0 radical (unpaired) electrons. The zero-order valence-corrected chi connectivity index (χ0v) is 10.9. The summed E-state index contributed by atoms with van der Waals surface area (Å²) >= 11 is 0. The molecule has 0 aromatic heterocycles. The summed E-state index contributed by atoms with van der Waals surface area (Å²) in [5.74, 6) is -1.74. The fourth-order valence-corrected chi connectivity index (χ4v) is 2.43. The molecule has 1 spiro atoms. The second kappa shape index (κ2) is 6.16. The lowest BCUT2D eigenvalue weighted by Crippen LogP contribution is -2.43. The molecule has 2 amide bonds. The van der Waals surface area contributed by atoms with Crippen LogP contribution in [0.5, 0.6) is 0 Å². The molecule has 2 rings (SSSR count). The van der Waals surface area contributed by atoms with E-state index in [1.165, 1.54) is 6.08 Å². The molecule has 106 valence electrons. The minimum Gasteiger partial charge on any atom is -0.347 e. The Kier molecular flexibility index (Phi) is 4.55. The van der Waals surface area contributed by atoms with Gasteiger partial charge < -0.3 is 20.1 Å². The quantitative estimate of drug-likeness (QED) is 0.559. The van der Waals surface area contributed by atoms with Gasteiger partial charge in [-0.15, -0.1) is 6.58 Å². The van der Waals surface area contributed by atoms with Gasteiger partial charge in [-0.3, -0.25) is 9.59 Å². The highest BCUT2D eigenvalue weighted by molar-refractivity contribution is 6.35. The summed E-state index contributed by atoms with van der Waals surface area (Å²) in [6, 6.07) is 0. The third kappa shape index (κ3) is 3.54. The summed E-state index contributed by atoms with van der Waals surface area (Å²) in [5, 5.41) is 4.96. The standard InChI is InChI=1S/C13H20N2O4/c1-2-7-14-11(16)12(17)15-8-10-9-18-13(19-10)5-3-4-6-13/h2,10H,1,3-9H2,(H,14,16)(H,15,17)/t10-/m0/s1. The molecular weight excluding hydrogens is 248 g/mol. The number of ether oxygens (including phenoxy) is 2. The van der Waals surface area contributed by atoms with Gasteiger partial charge in [0.15, 0.2) is 5.79 Å². The topological polar surface area (TPSA) is 76.7 Å². The average molecular weight is 268 g/mol. The Bertz CT molecular complexity index is 364. The molecule has 1 heterocycles. The Morgan fingerprint density at radius 3 is 2.63 bits per heavy atom. The third-order valence-electron chi connectivity index (χ3n) is 3.38. The molecule has 1 aliphatic carbocycles. The Morgan fingerprint density at radius 2 is 1.95 bits per heavy atom. The molecule has 19 heavy (non-hydrogen) atoms. The number of carbonyl (C=O) groups excluding carboxylic acids is 2. The van der Waals surface area contributed by atoms with Gasteiger partial charge in [-0.2, -0.15) is 0 Å². The van der Waals surface area contributed by atoms with Crippen LogP contribution in [0.15, 0.2) is 12.7 Å². The number of amides is 2. The summed E-state index contributed by atoms with van der Waals surface area (Å²) < 4.78 is 11.5. The van der Waals surface area contributed by atoms with Crippen molar-refractivity contribution in [3.8, 4) is 0 Å². The van der Waals surface area contributed by atoms with E-state index in [1.54, 1.807) is 0 Å². The van der Waals surface area contributed by atoms with Crippen LogP contribution in [0.25, 0.3) is 0 Å². The maximum Gasteiger partial charge on any atom is 0.309 e. The minimum absolute atomic E-state index is 0.172. The van der Waals surface area contributed by atoms with Crippen LogP contribution in [0, 0.1) is 0 Å². The summed E-state index contributed by atoms with van der Waals surface area (Å²) in [4.78, 5) is 22.8. The van der Waals surface area contributed by atoms with Crippen LogP contribution in [-0.4, -0.2) is 43.4 Å². The van der Waals surface area contributed by atoms with E-state index in [2.05, 4.69) is 17.2 Å². The van der Waals surface area contributed by atoms with Gasteiger partial charge in [0.1, 0.15) is 6.10 Å². The lowest BCUT2D eigenvalue weighted by molar-refractivity contribution is -0.161. The second-order valence-electron chi connectivity index (χ2n) is 4.88. The van der Waals surface area contributed by atoms with E-state index in [-0.39, 0.29) is 12.6 Å². The first-order chi connectivity index (χ1) is 9.15. The molecule has 2 N–H and O–H groups in total. The molecule has 2 fully saturated rings. The monoisotopic (exact) mass is 268 g/mol. The second-order valence-corrected chi connectivity index (χ2v) is 4.88. The molecule has 1 atom stereocenters. The predicted octanol–water partition coefficient (Wildman–Crippen LogP) is 0.0905. The first-order valence-corrected chi connectivity index (χ1v) is 6.64. The van der Waals surface area contributed by atoms with Crippen molar-refractivity contribution in [1.82, 2.24) is 10.6 Å². The summed E-state index contributed by atoms with van der Waals surface area (Å²) in [6.07, 6.45) is 5.40. The fraction of sp³-hybridized carbons (Fsp3) is 0.692. The Labute approximate surface area is 112 Å². The Morgan fingerprint density at radius 1 is 1.26 bits per heavy atom. The molecule has 0 bridgehead atoms. The van der Waals surface area contributed by atoms with Gasteiger partial charge in [-0.25, -0.2) is 0 Å². The summed E-state index contributed by atoms with van der Waals surface area (Å²) in [6.45, 7) is 4.50. The summed E-state index contributed by atoms with van der Waals surface area (Å²) in [7, 11) is 0. The molecule has 0 aromatic rings. The van der Waals surface area contributed by atoms with Crippen molar-refractivity contribution in [2.24, 2.45) is 0 Å². The van der Waals surface area contributed by atoms with Crippen molar-refractivity contribution in [3.05, 3.63) is 12.7 Å². The highest BCUT2D eigenvalue weighted by Gasteiger charge is 2.43. The average Bonchev–Trinajstić information content (AvgIpc) is 3.04. The van der Waals surface area contributed by atoms with E-state index in [0.29, 0.717) is 13.2 Å². The van der Waals surface area contributed by atoms with E-state index in [4.69, 9.17) is 9.47 Å². The van der Waals surface area contributed by atoms with Crippen LogP contribution in [0.3, 0.4) is 0 Å². The lowest BCUT2D eigenvalue weighted by atomic mass is 10.2. The molecule has 6 heteroatoms. The van der Waals surface area contributed by atoms with Crippen LogP contribution < -0.4 is 10.6 Å². The molecular formula is C13H20N2O4. The van der Waals surface area contributed by atoms with Gasteiger partial charge in [-0.1, -0.05) is 6.08 Å². The van der Waals surface area contributed by atoms with Crippen LogP contribution in [0.1, 0.15) is 25.7 Å². The third-order valence-corrected chi connectivity index (χ3v) is 3.38. The van der Waals surface area contributed by atoms with Gasteiger partial charge in [0.25, 0.3) is 0 Å². The summed E-state index contributed by atoms with van der Waals surface area (Å²) in [5.41, 5.74) is 0. The molecule has 0 unspecified atom stereocenters. The van der Waals surface area contributed by atoms with Gasteiger partial charge in [-0.05, 0) is 12.8 Å². The highest BCUT2D eigenvalue weighted by atomic mass is 16.7. The van der Waals surface area contributed by atoms with E-state index in [1.807, 2.05) is 0 Å². The van der Waals surface area contributed by atoms with Gasteiger partial charge in [0.2, 0.25) is 0 Å². The van der Waals surface area contributed by atoms with Crippen molar-refractivity contribution >= 4 is 11.8 Å². The first kappa shape index (κ1) is 14.0. The van der Waals surface area contributed by atoms with Crippen molar-refractivity contribution in [2.75, 3.05) is 19.7 Å². The molecule has 1 saturated heterocycles. The fourth-order valence-electron chi connectivity index (χ4n) is 2.43. The lowest BCUT2D eigenvalue weighted by Gasteiger charge is -2.21. The molecule has 1 aliphatic heterocycles. The number of carbonyl (C=O) groups is 2. The van der Waals surface area contributed by atoms with Crippen molar-refractivity contribution in [3.63, 3.8) is 0 Å². The zero-order valence-electron chi connectivity index (χ0n) is 10.9. The van der Waals surface area contributed by atoms with Gasteiger partial charge in [0.05, 0.1) is 6.61 Å². The smallest absolute Gasteiger partial charge is 0.309 e. The number of nitrogens with one attached hydrogen (secondary N) is 2. The molecule has 1 saturated carbocycles. The largest absolute Gasteiger partial charge is 0.347 e. The number of rotatable bonds is 4. The first-order valence-electron chi connectivity index (χ1n) is 6.64. The van der Waals surface area contributed by atoms with Gasteiger partial charge >= 0.3 is 11.8 Å². The number of hydrogen-bond acceptors (Lipinski definition) is 4. The van der Waals surface area contributed by atoms with Crippen molar-refractivity contribution < 1.29 is 19.1 Å². The van der Waals surface area contributed by atoms with Crippen LogP contribution >= 0.6 is 0 Å². The molecule has 2 aliphatic rings. The minimum atomic E-state index is -0.658. The predicted molar refractivity (Wildman–Crippen MR) is 68.2 cm³/mol. The number of hydrogen-bond donors (Lipinski definition) is 2. The van der Waals surface area contributed by atoms with Crippen LogP contribution in [-0.2, 0) is 19.1 Å². The molecule has 0 aromatic carbocycles. The van der Waals surface area contributed by atoms with E-state index < -0.39 is 17.6 Å². The van der Waals surface area contributed by atoms with E-state index >= 15 is 0 Å². The van der Waals surface area contributed by atoms with Crippen molar-refractivity contribution in [1.29, 1.82) is 0 Å². The SMILES string of the molecule is C=CCNC(=O)C(=O)NC[C@H]1COC2(CCCC2)O1. The zero-order chi connectivity index (χ0) is 13.7. The van der Waals surface area contributed by atoms with Crippen LogP contribution in [0.2, 0.25) is 0 Å². The van der Waals surface area contributed by atoms with E-state index in [0.717, 1.165) is 25.7 Å². The van der Waals surface area contributed by atoms with E-state index in [9.17, 15) is 9.59 Å². The van der Waals surface area contributed by atoms with Gasteiger partial charge in [0, 0.05) is 25.9 Å². The van der Waals surface area contributed by atoms with Crippen molar-refractivity contribution in [2.45, 2.75) is 37.6 Å². The maximum atomic E-state index is 11.5.